The third-order valence-electron chi connectivity index (χ3n) is 4.41. The molecule has 0 saturated carbocycles. The van der Waals surface area contributed by atoms with Crippen molar-refractivity contribution < 1.29 is 32.3 Å². The molecule has 7 nitrogen and oxygen atoms in total. The van der Waals surface area contributed by atoms with E-state index in [0.29, 0.717) is 5.69 Å². The Balaban J connectivity index is 1.69. The number of carbonyl (C=O) groups excluding carboxylic acids is 3. The molecule has 0 radical (unpaired) electrons. The molecule has 0 spiro atoms. The molecule has 162 valence electrons. The molecule has 0 saturated heterocycles. The second-order valence-corrected chi connectivity index (χ2v) is 6.67. The first-order valence-electron chi connectivity index (χ1n) is 9.30. The van der Waals surface area contributed by atoms with Crippen molar-refractivity contribution in [2.24, 2.45) is 5.10 Å². The molecule has 31 heavy (non-hydrogen) atoms. The minimum Gasteiger partial charge on any atom is -0.448 e. The third kappa shape index (κ3) is 5.27. The van der Waals surface area contributed by atoms with E-state index in [1.54, 1.807) is 30.3 Å². The Morgan fingerprint density at radius 2 is 1.71 bits per heavy atom. The molecule has 3 rings (SSSR count). The van der Waals surface area contributed by atoms with E-state index in [9.17, 15) is 27.6 Å². The van der Waals surface area contributed by atoms with Crippen LogP contribution in [0, 0.1) is 0 Å². The Labute approximate surface area is 175 Å². The van der Waals surface area contributed by atoms with E-state index in [1.807, 2.05) is 0 Å². The molecule has 0 aromatic heterocycles. The van der Waals surface area contributed by atoms with E-state index >= 15 is 0 Å². The summed E-state index contributed by atoms with van der Waals surface area (Å²) in [5.41, 5.74) is -1.07. The van der Waals surface area contributed by atoms with Crippen LogP contribution >= 0.6 is 0 Å². The van der Waals surface area contributed by atoms with Crippen LogP contribution < -0.4 is 10.3 Å². The van der Waals surface area contributed by atoms with Crippen molar-refractivity contribution in [2.75, 3.05) is 10.3 Å². The Morgan fingerprint density at radius 3 is 2.39 bits per heavy atom. The van der Waals surface area contributed by atoms with Crippen LogP contribution in [-0.4, -0.2) is 29.6 Å². The van der Waals surface area contributed by atoms with Gasteiger partial charge in [0.15, 0.2) is 6.10 Å². The number of hydrogen-bond donors (Lipinski definition) is 1. The molecule has 0 aliphatic carbocycles. The van der Waals surface area contributed by atoms with E-state index in [-0.39, 0.29) is 24.5 Å². The zero-order valence-electron chi connectivity index (χ0n) is 16.3. The van der Waals surface area contributed by atoms with Crippen molar-refractivity contribution in [3.05, 3.63) is 60.2 Å². The van der Waals surface area contributed by atoms with Crippen molar-refractivity contribution in [3.8, 4) is 0 Å². The van der Waals surface area contributed by atoms with Gasteiger partial charge < -0.3 is 10.1 Å². The summed E-state index contributed by atoms with van der Waals surface area (Å²) in [5.74, 6) is -2.17. The van der Waals surface area contributed by atoms with Crippen LogP contribution in [0.4, 0.5) is 24.5 Å². The number of nitrogens with zero attached hydrogens (tertiary/aromatic N) is 2. The summed E-state index contributed by atoms with van der Waals surface area (Å²) in [7, 11) is 0. The average molecular weight is 433 g/mol. The third-order valence-corrected chi connectivity index (χ3v) is 4.41. The van der Waals surface area contributed by atoms with Gasteiger partial charge in [-0.1, -0.05) is 30.3 Å². The maximum atomic E-state index is 13.1. The summed E-state index contributed by atoms with van der Waals surface area (Å²) in [6.07, 6.45) is -6.01. The number of anilines is 2. The number of alkyl halides is 3. The lowest BCUT2D eigenvalue weighted by molar-refractivity contribution is -0.146. The topological polar surface area (TPSA) is 88.1 Å². The zero-order valence-corrected chi connectivity index (χ0v) is 16.3. The van der Waals surface area contributed by atoms with Crippen LogP contribution in [0.2, 0.25) is 0 Å². The van der Waals surface area contributed by atoms with Gasteiger partial charge in [0.05, 0.1) is 16.9 Å². The number of halogens is 3. The number of hydrazone groups is 1. The average Bonchev–Trinajstić information content (AvgIpc) is 2.74. The number of para-hydroxylation sites is 2. The van der Waals surface area contributed by atoms with E-state index in [2.05, 4.69) is 10.4 Å². The fraction of sp³-hybridized carbons (Fsp3) is 0.238. The Morgan fingerprint density at radius 1 is 1.06 bits per heavy atom. The molecule has 2 aromatic rings. The summed E-state index contributed by atoms with van der Waals surface area (Å²) in [6.45, 7) is 1.23. The number of carbonyl (C=O) groups is 3. The Hall–Kier alpha value is -3.69. The van der Waals surface area contributed by atoms with Crippen LogP contribution in [0.3, 0.4) is 0 Å². The van der Waals surface area contributed by atoms with Gasteiger partial charge in [-0.05, 0) is 31.2 Å². The van der Waals surface area contributed by atoms with Gasteiger partial charge in [-0.3, -0.25) is 9.59 Å². The van der Waals surface area contributed by atoms with Gasteiger partial charge in [0.1, 0.15) is 5.71 Å². The maximum Gasteiger partial charge on any atom is 0.418 e. The van der Waals surface area contributed by atoms with E-state index in [4.69, 9.17) is 4.74 Å². The highest BCUT2D eigenvalue weighted by Gasteiger charge is 2.34. The van der Waals surface area contributed by atoms with Gasteiger partial charge >= 0.3 is 12.1 Å². The summed E-state index contributed by atoms with van der Waals surface area (Å²) < 4.78 is 44.3. The molecule has 1 N–H and O–H groups in total. The molecule has 1 aliphatic heterocycles. The van der Waals surface area contributed by atoms with Crippen LogP contribution in [-0.2, 0) is 25.3 Å². The first-order valence-corrected chi connectivity index (χ1v) is 9.30. The maximum absolute atomic E-state index is 13.1. The predicted octanol–water partition coefficient (Wildman–Crippen LogP) is 3.76. The van der Waals surface area contributed by atoms with Crippen molar-refractivity contribution in [1.29, 1.82) is 0 Å². The minimum absolute atomic E-state index is 0.0162. The smallest absolute Gasteiger partial charge is 0.418 e. The lowest BCUT2D eigenvalue weighted by Crippen LogP contribution is -2.38. The fourth-order valence-electron chi connectivity index (χ4n) is 2.83. The largest absolute Gasteiger partial charge is 0.448 e. The van der Waals surface area contributed by atoms with Crippen LogP contribution in [0.25, 0.3) is 0 Å². The van der Waals surface area contributed by atoms with Crippen molar-refractivity contribution in [2.45, 2.75) is 32.0 Å². The molecule has 1 atom stereocenters. The number of ether oxygens (including phenoxy) is 1. The van der Waals surface area contributed by atoms with Crippen molar-refractivity contribution in [1.82, 2.24) is 0 Å². The predicted molar refractivity (Wildman–Crippen MR) is 106 cm³/mol. The quantitative estimate of drug-likeness (QED) is 0.728. The standard InChI is InChI=1S/C21H18F3N3O4/c1-13(19(29)25-16-10-6-5-9-15(16)21(22,23)24)31-20(30)17-11-12-18(28)27(26-17)14-7-3-2-4-8-14/h2-10,13H,11-12H2,1H3,(H,25,29). The monoisotopic (exact) mass is 433 g/mol. The number of rotatable bonds is 5. The molecule has 1 aliphatic rings. The normalized spacial score (nSPS) is 15.2. The molecule has 2 amide bonds. The highest BCUT2D eigenvalue weighted by atomic mass is 19.4. The highest BCUT2D eigenvalue weighted by molar-refractivity contribution is 6.38. The number of amides is 2. The van der Waals surface area contributed by atoms with Gasteiger partial charge in [-0.15, -0.1) is 0 Å². The lowest BCUT2D eigenvalue weighted by atomic mass is 10.1. The molecular formula is C21H18F3N3O4. The first kappa shape index (κ1) is 22.0. The van der Waals surface area contributed by atoms with Crippen LogP contribution in [0.15, 0.2) is 59.7 Å². The fourth-order valence-corrected chi connectivity index (χ4v) is 2.83. The van der Waals surface area contributed by atoms with Crippen molar-refractivity contribution in [3.63, 3.8) is 0 Å². The summed E-state index contributed by atoms with van der Waals surface area (Å²) in [5, 5.41) is 7.22. The summed E-state index contributed by atoms with van der Waals surface area (Å²) in [6, 6.07) is 12.9. The minimum atomic E-state index is -4.66. The first-order chi connectivity index (χ1) is 14.7. The second-order valence-electron chi connectivity index (χ2n) is 6.67. The van der Waals surface area contributed by atoms with E-state index < -0.39 is 35.4 Å². The molecule has 0 bridgehead atoms. The van der Waals surface area contributed by atoms with E-state index in [0.717, 1.165) is 17.1 Å². The van der Waals surface area contributed by atoms with E-state index in [1.165, 1.54) is 19.1 Å². The van der Waals surface area contributed by atoms with Crippen LogP contribution in [0.1, 0.15) is 25.3 Å². The van der Waals surface area contributed by atoms with Gasteiger partial charge in [0, 0.05) is 12.8 Å². The number of nitrogens with one attached hydrogen (secondary N) is 1. The zero-order chi connectivity index (χ0) is 22.6. The number of hydrogen-bond acceptors (Lipinski definition) is 5. The van der Waals surface area contributed by atoms with Gasteiger partial charge in [-0.25, -0.2) is 9.80 Å². The summed E-state index contributed by atoms with van der Waals surface area (Å²) >= 11 is 0. The van der Waals surface area contributed by atoms with Gasteiger partial charge in [0.25, 0.3) is 5.91 Å². The molecule has 0 fully saturated rings. The molecule has 1 heterocycles. The Bertz CT molecular complexity index is 1020. The molecule has 1 unspecified atom stereocenters. The lowest BCUT2D eigenvalue weighted by Gasteiger charge is -2.23. The molecule has 2 aromatic carbocycles. The number of benzene rings is 2. The van der Waals surface area contributed by atoms with Gasteiger partial charge in [-0.2, -0.15) is 18.3 Å². The highest BCUT2D eigenvalue weighted by Crippen LogP contribution is 2.34. The second kappa shape index (κ2) is 8.99. The SMILES string of the molecule is CC(OC(=O)C1=NN(c2ccccc2)C(=O)CC1)C(=O)Nc1ccccc1C(F)(F)F. The van der Waals surface area contributed by atoms with Crippen LogP contribution in [0.5, 0.6) is 0 Å². The summed E-state index contributed by atoms with van der Waals surface area (Å²) in [4.78, 5) is 36.8. The molecular weight excluding hydrogens is 415 g/mol. The molecule has 10 heteroatoms. The Kier molecular flexibility index (Phi) is 6.38. The van der Waals surface area contributed by atoms with Crippen molar-refractivity contribution >= 4 is 34.9 Å². The van der Waals surface area contributed by atoms with Gasteiger partial charge in [0.2, 0.25) is 5.91 Å². The number of esters is 1.